The molecule has 2 N–H and O–H groups in total. The molecule has 4 heteroatoms. The van der Waals surface area contributed by atoms with Crippen molar-refractivity contribution in [3.8, 4) is 5.75 Å². The second-order valence-electron chi connectivity index (χ2n) is 4.32. The maximum Gasteiger partial charge on any atom is 0.132 e. The Labute approximate surface area is 105 Å². The van der Waals surface area contributed by atoms with Crippen molar-refractivity contribution in [3.63, 3.8) is 0 Å². The molecule has 1 aromatic heterocycles. The molecule has 0 aliphatic carbocycles. The third-order valence-corrected chi connectivity index (χ3v) is 2.71. The van der Waals surface area contributed by atoms with Gasteiger partial charge >= 0.3 is 0 Å². The number of aromatic hydroxyl groups is 1. The van der Waals surface area contributed by atoms with Gasteiger partial charge in [0.05, 0.1) is 11.7 Å². The molecule has 0 bridgehead atoms. The zero-order chi connectivity index (χ0) is 13.1. The minimum absolute atomic E-state index is 0.0688. The molecule has 18 heavy (non-hydrogen) atoms. The summed E-state index contributed by atoms with van der Waals surface area (Å²) in [7, 11) is 0. The van der Waals surface area contributed by atoms with Crippen LogP contribution in [0.5, 0.6) is 5.75 Å². The first-order valence-corrected chi connectivity index (χ1v) is 5.73. The second-order valence-corrected chi connectivity index (χ2v) is 4.32. The van der Waals surface area contributed by atoms with Crippen molar-refractivity contribution in [2.75, 3.05) is 5.32 Å². The fourth-order valence-corrected chi connectivity index (χ4v) is 1.83. The summed E-state index contributed by atoms with van der Waals surface area (Å²) < 4.78 is 13.7. The van der Waals surface area contributed by atoms with Crippen LogP contribution in [0.15, 0.2) is 36.7 Å². The molecule has 0 amide bonds. The van der Waals surface area contributed by atoms with Gasteiger partial charge < -0.3 is 10.4 Å². The molecule has 1 atom stereocenters. The largest absolute Gasteiger partial charge is 0.508 e. The van der Waals surface area contributed by atoms with E-state index in [4.69, 9.17) is 0 Å². The lowest BCUT2D eigenvalue weighted by Crippen LogP contribution is -2.08. The maximum atomic E-state index is 13.7. The van der Waals surface area contributed by atoms with Crippen LogP contribution >= 0.6 is 0 Å². The van der Waals surface area contributed by atoms with Crippen LogP contribution in [0.3, 0.4) is 0 Å². The maximum absolute atomic E-state index is 13.7. The van der Waals surface area contributed by atoms with Crippen molar-refractivity contribution >= 4 is 5.69 Å². The summed E-state index contributed by atoms with van der Waals surface area (Å²) in [5.74, 6) is -0.490. The fourth-order valence-electron chi connectivity index (χ4n) is 1.83. The summed E-state index contributed by atoms with van der Waals surface area (Å²) >= 11 is 0. The Morgan fingerprint density at radius 3 is 2.72 bits per heavy atom. The van der Waals surface area contributed by atoms with Crippen LogP contribution in [0.1, 0.15) is 24.1 Å². The van der Waals surface area contributed by atoms with E-state index in [0.29, 0.717) is 5.56 Å². The van der Waals surface area contributed by atoms with Crippen LogP contribution in [-0.2, 0) is 0 Å². The van der Waals surface area contributed by atoms with Crippen molar-refractivity contribution < 1.29 is 9.50 Å². The lowest BCUT2D eigenvalue weighted by Gasteiger charge is -2.16. The number of halogens is 1. The summed E-state index contributed by atoms with van der Waals surface area (Å²) in [5, 5.41) is 12.4. The Hall–Kier alpha value is -2.10. The van der Waals surface area contributed by atoms with Crippen molar-refractivity contribution in [1.82, 2.24) is 4.98 Å². The van der Waals surface area contributed by atoms with E-state index in [0.717, 1.165) is 17.3 Å². The number of rotatable bonds is 3. The van der Waals surface area contributed by atoms with Crippen molar-refractivity contribution in [2.45, 2.75) is 19.9 Å². The molecule has 0 spiro atoms. The van der Waals surface area contributed by atoms with Gasteiger partial charge in [0, 0.05) is 24.0 Å². The molecular formula is C14H15FN2O. The van der Waals surface area contributed by atoms with Crippen LogP contribution < -0.4 is 5.32 Å². The molecule has 1 heterocycles. The average Bonchev–Trinajstić information content (AvgIpc) is 2.28. The number of nitrogens with one attached hydrogen (secondary N) is 1. The van der Waals surface area contributed by atoms with Crippen LogP contribution in [0.25, 0.3) is 0 Å². The van der Waals surface area contributed by atoms with Crippen LogP contribution in [0.2, 0.25) is 0 Å². The zero-order valence-electron chi connectivity index (χ0n) is 10.3. The van der Waals surface area contributed by atoms with E-state index in [-0.39, 0.29) is 11.8 Å². The molecule has 0 radical (unpaired) electrons. The molecule has 1 unspecified atom stereocenters. The SMILES string of the molecule is Cc1cncc(NC(C)c2ccc(O)cc2F)c1. The van der Waals surface area contributed by atoms with E-state index >= 15 is 0 Å². The minimum atomic E-state index is -0.421. The van der Waals surface area contributed by atoms with Crippen molar-refractivity contribution in [2.24, 2.45) is 0 Å². The fraction of sp³-hybridized carbons (Fsp3) is 0.214. The summed E-state index contributed by atoms with van der Waals surface area (Å²) in [6.45, 7) is 3.81. The van der Waals surface area contributed by atoms with E-state index < -0.39 is 5.82 Å². The molecule has 2 rings (SSSR count). The Balaban J connectivity index is 2.19. The first-order chi connectivity index (χ1) is 8.56. The third kappa shape index (κ3) is 2.77. The topological polar surface area (TPSA) is 45.2 Å². The summed E-state index contributed by atoms with van der Waals surface area (Å²) in [4.78, 5) is 4.07. The van der Waals surface area contributed by atoms with E-state index in [2.05, 4.69) is 10.3 Å². The average molecular weight is 246 g/mol. The molecule has 94 valence electrons. The molecular weight excluding hydrogens is 231 g/mol. The Morgan fingerprint density at radius 1 is 1.28 bits per heavy atom. The third-order valence-electron chi connectivity index (χ3n) is 2.71. The van der Waals surface area contributed by atoms with Gasteiger partial charge in [-0.3, -0.25) is 4.98 Å². The predicted octanol–water partition coefficient (Wildman–Crippen LogP) is 3.41. The Kier molecular flexibility index (Phi) is 3.46. The Morgan fingerprint density at radius 2 is 2.06 bits per heavy atom. The van der Waals surface area contributed by atoms with Gasteiger partial charge in [-0.2, -0.15) is 0 Å². The number of anilines is 1. The van der Waals surface area contributed by atoms with Crippen LogP contribution in [0.4, 0.5) is 10.1 Å². The molecule has 3 nitrogen and oxygen atoms in total. The van der Waals surface area contributed by atoms with Crippen LogP contribution in [0, 0.1) is 12.7 Å². The van der Waals surface area contributed by atoms with E-state index in [1.165, 1.54) is 6.07 Å². The first-order valence-electron chi connectivity index (χ1n) is 5.73. The monoisotopic (exact) mass is 246 g/mol. The first kappa shape index (κ1) is 12.4. The highest BCUT2D eigenvalue weighted by Gasteiger charge is 2.11. The number of aryl methyl sites for hydroxylation is 1. The normalized spacial score (nSPS) is 12.2. The molecule has 2 aromatic rings. The Bertz CT molecular complexity index is 557. The molecule has 0 aliphatic rings. The van der Waals surface area contributed by atoms with Gasteiger partial charge in [0.2, 0.25) is 0 Å². The predicted molar refractivity (Wildman–Crippen MR) is 69.1 cm³/mol. The number of aromatic nitrogens is 1. The van der Waals surface area contributed by atoms with Crippen molar-refractivity contribution in [1.29, 1.82) is 0 Å². The second kappa shape index (κ2) is 5.04. The van der Waals surface area contributed by atoms with Gasteiger partial charge in [-0.25, -0.2) is 4.39 Å². The lowest BCUT2D eigenvalue weighted by molar-refractivity contribution is 0.467. The highest BCUT2D eigenvalue weighted by Crippen LogP contribution is 2.24. The summed E-state index contributed by atoms with van der Waals surface area (Å²) in [6.07, 6.45) is 3.46. The molecule has 0 aliphatic heterocycles. The lowest BCUT2D eigenvalue weighted by atomic mass is 10.1. The highest BCUT2D eigenvalue weighted by atomic mass is 19.1. The number of hydrogen-bond acceptors (Lipinski definition) is 3. The van der Waals surface area contributed by atoms with Gasteiger partial charge in [0.25, 0.3) is 0 Å². The standard InChI is InChI=1S/C14H15FN2O/c1-9-5-11(8-16-7-9)17-10(2)13-4-3-12(18)6-14(13)15/h3-8,10,17-18H,1-2H3. The van der Waals surface area contributed by atoms with E-state index in [1.807, 2.05) is 19.9 Å². The molecule has 0 fully saturated rings. The number of nitrogens with zero attached hydrogens (tertiary/aromatic N) is 1. The molecule has 1 aromatic carbocycles. The van der Waals surface area contributed by atoms with Gasteiger partial charge in [0.15, 0.2) is 0 Å². The smallest absolute Gasteiger partial charge is 0.132 e. The highest BCUT2D eigenvalue weighted by molar-refractivity contribution is 5.45. The molecule has 0 saturated heterocycles. The van der Waals surface area contributed by atoms with Gasteiger partial charge in [-0.15, -0.1) is 0 Å². The number of phenolic OH excluding ortho intramolecular Hbond substituents is 1. The van der Waals surface area contributed by atoms with E-state index in [1.54, 1.807) is 18.5 Å². The summed E-state index contributed by atoms with van der Waals surface area (Å²) in [5.41, 5.74) is 2.39. The number of pyridine rings is 1. The summed E-state index contributed by atoms with van der Waals surface area (Å²) in [6, 6.07) is 5.91. The zero-order valence-corrected chi connectivity index (χ0v) is 10.3. The van der Waals surface area contributed by atoms with Gasteiger partial charge in [-0.1, -0.05) is 6.07 Å². The molecule has 0 saturated carbocycles. The van der Waals surface area contributed by atoms with Crippen molar-refractivity contribution in [3.05, 3.63) is 53.6 Å². The van der Waals surface area contributed by atoms with Gasteiger partial charge in [0.1, 0.15) is 11.6 Å². The number of benzene rings is 1. The van der Waals surface area contributed by atoms with Gasteiger partial charge in [-0.05, 0) is 31.5 Å². The number of hydrogen-bond donors (Lipinski definition) is 2. The van der Waals surface area contributed by atoms with E-state index in [9.17, 15) is 9.50 Å². The quantitative estimate of drug-likeness (QED) is 0.872. The number of phenols is 1. The minimum Gasteiger partial charge on any atom is -0.508 e. The van der Waals surface area contributed by atoms with Crippen LogP contribution in [-0.4, -0.2) is 10.1 Å².